The molecule has 0 bridgehead atoms. The van der Waals surface area contributed by atoms with Crippen molar-refractivity contribution in [3.05, 3.63) is 0 Å². The van der Waals surface area contributed by atoms with Crippen LogP contribution in [0.2, 0.25) is 0 Å². The van der Waals surface area contributed by atoms with E-state index in [0.717, 1.165) is 26.1 Å². The normalized spacial score (nSPS) is 26.4. The summed E-state index contributed by atoms with van der Waals surface area (Å²) >= 11 is 0. The van der Waals surface area contributed by atoms with Crippen molar-refractivity contribution in [2.45, 2.75) is 39.3 Å². The lowest BCUT2D eigenvalue weighted by atomic mass is 9.90. The van der Waals surface area contributed by atoms with Crippen LogP contribution in [0.15, 0.2) is 0 Å². The lowest BCUT2D eigenvalue weighted by Gasteiger charge is -2.39. The summed E-state index contributed by atoms with van der Waals surface area (Å²) in [7, 11) is 1.41. The Kier molecular flexibility index (Phi) is 6.75. The Morgan fingerprint density at radius 2 is 2.11 bits per heavy atom. The van der Waals surface area contributed by atoms with Crippen molar-refractivity contribution in [1.82, 2.24) is 10.2 Å². The van der Waals surface area contributed by atoms with Crippen molar-refractivity contribution in [3.63, 3.8) is 0 Å². The third-order valence-corrected chi connectivity index (χ3v) is 3.64. The molecule has 0 spiro atoms. The van der Waals surface area contributed by atoms with E-state index in [1.165, 1.54) is 7.11 Å². The van der Waals surface area contributed by atoms with E-state index in [9.17, 15) is 9.90 Å². The highest BCUT2D eigenvalue weighted by Gasteiger charge is 2.30. The van der Waals surface area contributed by atoms with Crippen molar-refractivity contribution in [2.75, 3.05) is 33.3 Å². The molecule has 0 saturated carbocycles. The molecule has 5 heteroatoms. The molecular weight excluding hydrogens is 244 g/mol. The zero-order valence-electron chi connectivity index (χ0n) is 12.6. The highest BCUT2D eigenvalue weighted by Crippen LogP contribution is 2.20. The van der Waals surface area contributed by atoms with Gasteiger partial charge in [0.25, 0.3) is 0 Å². The minimum absolute atomic E-state index is 0.211. The highest BCUT2D eigenvalue weighted by molar-refractivity contribution is 5.71. The van der Waals surface area contributed by atoms with Gasteiger partial charge in [-0.15, -0.1) is 0 Å². The topological polar surface area (TPSA) is 61.8 Å². The number of esters is 1. The Hall–Kier alpha value is -0.650. The largest absolute Gasteiger partial charge is 0.468 e. The number of rotatable bonds is 6. The molecule has 0 aromatic heterocycles. The van der Waals surface area contributed by atoms with E-state index in [4.69, 9.17) is 4.74 Å². The molecule has 19 heavy (non-hydrogen) atoms. The summed E-state index contributed by atoms with van der Waals surface area (Å²) in [5, 5.41) is 13.3. The summed E-state index contributed by atoms with van der Waals surface area (Å²) in [5.41, 5.74) is 0. The predicted molar refractivity (Wildman–Crippen MR) is 74.9 cm³/mol. The summed E-state index contributed by atoms with van der Waals surface area (Å²) < 4.78 is 4.72. The van der Waals surface area contributed by atoms with Gasteiger partial charge in [-0.1, -0.05) is 13.8 Å². The number of aliphatic hydroxyl groups is 1. The average molecular weight is 272 g/mol. The number of nitrogens with one attached hydrogen (secondary N) is 1. The predicted octanol–water partition coefficient (Wildman–Crippen LogP) is 0.476. The monoisotopic (exact) mass is 272 g/mol. The minimum Gasteiger partial charge on any atom is -0.468 e. The van der Waals surface area contributed by atoms with Gasteiger partial charge in [-0.25, -0.2) is 0 Å². The van der Waals surface area contributed by atoms with E-state index >= 15 is 0 Å². The number of hydrogen-bond acceptors (Lipinski definition) is 5. The first-order valence-corrected chi connectivity index (χ1v) is 7.13. The van der Waals surface area contributed by atoms with Crippen LogP contribution in [0.3, 0.4) is 0 Å². The SMILES string of the molecule is COC(=O)CN1CC(NCC(C)C)CC(C(C)O)C1. The summed E-state index contributed by atoms with van der Waals surface area (Å²) in [6, 6.07) is 0.334. The molecular formula is C14H28N2O3. The van der Waals surface area contributed by atoms with E-state index in [-0.39, 0.29) is 18.0 Å². The molecule has 3 unspecified atom stereocenters. The van der Waals surface area contributed by atoms with E-state index in [2.05, 4.69) is 24.1 Å². The number of carbonyl (C=O) groups excluding carboxylic acids is 1. The van der Waals surface area contributed by atoms with Crippen LogP contribution in [0.25, 0.3) is 0 Å². The second-order valence-corrected chi connectivity index (χ2v) is 6.01. The molecule has 0 aliphatic carbocycles. The van der Waals surface area contributed by atoms with Crippen molar-refractivity contribution >= 4 is 5.97 Å². The van der Waals surface area contributed by atoms with Crippen molar-refractivity contribution in [2.24, 2.45) is 11.8 Å². The molecule has 1 rings (SSSR count). The molecule has 5 nitrogen and oxygen atoms in total. The van der Waals surface area contributed by atoms with Crippen LogP contribution in [0, 0.1) is 11.8 Å². The number of hydrogen-bond donors (Lipinski definition) is 2. The second-order valence-electron chi connectivity index (χ2n) is 6.01. The third-order valence-electron chi connectivity index (χ3n) is 3.64. The average Bonchev–Trinajstić information content (AvgIpc) is 2.35. The zero-order chi connectivity index (χ0) is 14.4. The Morgan fingerprint density at radius 3 is 2.63 bits per heavy atom. The molecule has 0 radical (unpaired) electrons. The summed E-state index contributed by atoms with van der Waals surface area (Å²) in [4.78, 5) is 13.5. The van der Waals surface area contributed by atoms with Gasteiger partial charge in [0.2, 0.25) is 0 Å². The van der Waals surface area contributed by atoms with E-state index in [1.807, 2.05) is 6.92 Å². The molecule has 0 aromatic rings. The maximum atomic E-state index is 11.4. The quantitative estimate of drug-likeness (QED) is 0.689. The molecule has 0 amide bonds. The van der Waals surface area contributed by atoms with Gasteiger partial charge < -0.3 is 15.2 Å². The van der Waals surface area contributed by atoms with Gasteiger partial charge in [0, 0.05) is 19.1 Å². The molecule has 1 heterocycles. The number of likely N-dealkylation sites (tertiary alicyclic amines) is 1. The molecule has 1 aliphatic rings. The zero-order valence-corrected chi connectivity index (χ0v) is 12.6. The Labute approximate surface area is 116 Å². The van der Waals surface area contributed by atoms with Gasteiger partial charge in [-0.05, 0) is 31.7 Å². The summed E-state index contributed by atoms with van der Waals surface area (Å²) in [5.74, 6) is 0.595. The Morgan fingerprint density at radius 1 is 1.42 bits per heavy atom. The molecule has 0 aromatic carbocycles. The fraction of sp³-hybridized carbons (Fsp3) is 0.929. The van der Waals surface area contributed by atoms with Crippen LogP contribution in [0.5, 0.6) is 0 Å². The summed E-state index contributed by atoms with van der Waals surface area (Å²) in [6.07, 6.45) is 0.617. The van der Waals surface area contributed by atoms with E-state index < -0.39 is 0 Å². The molecule has 2 N–H and O–H groups in total. The lowest BCUT2D eigenvalue weighted by molar-refractivity contribution is -0.142. The van der Waals surface area contributed by atoms with Crippen LogP contribution < -0.4 is 5.32 Å². The van der Waals surface area contributed by atoms with Crippen molar-refractivity contribution < 1.29 is 14.6 Å². The lowest BCUT2D eigenvalue weighted by Crippen LogP contribution is -2.53. The minimum atomic E-state index is -0.344. The Bertz CT molecular complexity index is 282. The maximum absolute atomic E-state index is 11.4. The standard InChI is InChI=1S/C14H28N2O3/c1-10(2)6-15-13-5-12(11(3)17)7-16(8-13)9-14(18)19-4/h10-13,15,17H,5-9H2,1-4H3. The third kappa shape index (κ3) is 5.89. The molecule has 1 fully saturated rings. The van der Waals surface area contributed by atoms with Gasteiger partial charge in [-0.2, -0.15) is 0 Å². The maximum Gasteiger partial charge on any atom is 0.319 e. The van der Waals surface area contributed by atoms with Gasteiger partial charge in [0.1, 0.15) is 0 Å². The second kappa shape index (κ2) is 7.82. The first-order valence-electron chi connectivity index (χ1n) is 7.13. The number of aliphatic hydroxyl groups excluding tert-OH is 1. The number of carbonyl (C=O) groups is 1. The first kappa shape index (κ1) is 16.4. The van der Waals surface area contributed by atoms with E-state index in [0.29, 0.717) is 18.5 Å². The number of nitrogens with zero attached hydrogens (tertiary/aromatic N) is 1. The van der Waals surface area contributed by atoms with Crippen molar-refractivity contribution in [1.29, 1.82) is 0 Å². The van der Waals surface area contributed by atoms with Crippen LogP contribution in [0.1, 0.15) is 27.2 Å². The fourth-order valence-corrected chi connectivity index (χ4v) is 2.51. The number of methoxy groups -OCH3 is 1. The van der Waals surface area contributed by atoms with Gasteiger partial charge in [0.05, 0.1) is 19.8 Å². The van der Waals surface area contributed by atoms with Crippen LogP contribution >= 0.6 is 0 Å². The van der Waals surface area contributed by atoms with Crippen LogP contribution in [-0.2, 0) is 9.53 Å². The van der Waals surface area contributed by atoms with Crippen LogP contribution in [0.4, 0.5) is 0 Å². The van der Waals surface area contributed by atoms with Gasteiger partial charge in [0.15, 0.2) is 0 Å². The van der Waals surface area contributed by atoms with E-state index in [1.54, 1.807) is 0 Å². The van der Waals surface area contributed by atoms with Crippen molar-refractivity contribution in [3.8, 4) is 0 Å². The van der Waals surface area contributed by atoms with Gasteiger partial charge in [-0.3, -0.25) is 9.69 Å². The molecule has 112 valence electrons. The highest BCUT2D eigenvalue weighted by atomic mass is 16.5. The van der Waals surface area contributed by atoms with Gasteiger partial charge >= 0.3 is 5.97 Å². The smallest absolute Gasteiger partial charge is 0.319 e. The molecule has 3 atom stereocenters. The fourth-order valence-electron chi connectivity index (χ4n) is 2.51. The Balaban J connectivity index is 2.54. The molecule has 1 aliphatic heterocycles. The summed E-state index contributed by atoms with van der Waals surface area (Å²) in [6.45, 7) is 9.04. The van der Waals surface area contributed by atoms with Crippen LogP contribution in [-0.4, -0.2) is 61.4 Å². The number of ether oxygens (including phenoxy) is 1. The molecule has 1 saturated heterocycles. The first-order chi connectivity index (χ1) is 8.92. The number of piperidine rings is 1.